The number of hydrogen-bond acceptors (Lipinski definition) is 5. The summed E-state index contributed by atoms with van der Waals surface area (Å²) in [5.41, 5.74) is 0. The van der Waals surface area contributed by atoms with Crippen LogP contribution in [0.3, 0.4) is 0 Å². The maximum Gasteiger partial charge on any atom is 0.209 e. The van der Waals surface area contributed by atoms with E-state index in [0.717, 1.165) is 0 Å². The monoisotopic (exact) mass is 197 g/mol. The van der Waals surface area contributed by atoms with E-state index >= 15 is 0 Å². The van der Waals surface area contributed by atoms with Crippen molar-refractivity contribution in [2.45, 2.75) is 19.0 Å². The van der Waals surface area contributed by atoms with E-state index in [1.54, 1.807) is 6.92 Å². The van der Waals surface area contributed by atoms with Gasteiger partial charge in [-0.1, -0.05) is 11.8 Å². The first-order valence-corrected chi connectivity index (χ1v) is 4.83. The minimum atomic E-state index is 0.00186. The van der Waals surface area contributed by atoms with Crippen molar-refractivity contribution in [3.05, 3.63) is 5.82 Å². The number of nitrogens with two attached hydrogens (primary N) is 1. The molecule has 1 aromatic rings. The zero-order valence-electron chi connectivity index (χ0n) is 7.56. The predicted molar refractivity (Wildman–Crippen MR) is 50.4 cm³/mol. The van der Waals surface area contributed by atoms with Crippen LogP contribution in [-0.4, -0.2) is 20.6 Å². The average Bonchev–Trinajstić information content (AvgIpc) is 2.44. The summed E-state index contributed by atoms with van der Waals surface area (Å²) < 4.78 is 1.43. The standard InChI is InChI=1S/C7H11N5S/c1-5(3-8)4-13-7-11-10-6(2)12(7)9/h5H,4,9H2,1-2H3. The summed E-state index contributed by atoms with van der Waals surface area (Å²) >= 11 is 1.44. The highest BCUT2D eigenvalue weighted by atomic mass is 32.2. The molecular formula is C7H11N5S. The van der Waals surface area contributed by atoms with E-state index in [1.165, 1.54) is 16.4 Å². The van der Waals surface area contributed by atoms with Crippen LogP contribution in [0, 0.1) is 24.2 Å². The molecule has 0 aliphatic heterocycles. The second kappa shape index (κ2) is 4.14. The number of rotatable bonds is 3. The summed E-state index contributed by atoms with van der Waals surface area (Å²) in [4.78, 5) is 0. The molecule has 1 aromatic heterocycles. The van der Waals surface area contributed by atoms with E-state index < -0.39 is 0 Å². The Kier molecular flexibility index (Phi) is 3.14. The van der Waals surface area contributed by atoms with Gasteiger partial charge in [-0.2, -0.15) is 5.26 Å². The van der Waals surface area contributed by atoms with Crippen LogP contribution in [0.5, 0.6) is 0 Å². The lowest BCUT2D eigenvalue weighted by molar-refractivity contribution is 0.812. The number of nitriles is 1. The van der Waals surface area contributed by atoms with Gasteiger partial charge in [-0.15, -0.1) is 10.2 Å². The van der Waals surface area contributed by atoms with Crippen molar-refractivity contribution < 1.29 is 0 Å². The van der Waals surface area contributed by atoms with Crippen molar-refractivity contribution in [3.63, 3.8) is 0 Å². The number of hydrogen-bond donors (Lipinski definition) is 1. The van der Waals surface area contributed by atoms with Crippen molar-refractivity contribution in [3.8, 4) is 6.07 Å². The van der Waals surface area contributed by atoms with Crippen LogP contribution < -0.4 is 5.84 Å². The summed E-state index contributed by atoms with van der Waals surface area (Å²) in [5, 5.41) is 16.9. The third kappa shape index (κ3) is 2.36. The van der Waals surface area contributed by atoms with Crippen LogP contribution >= 0.6 is 11.8 Å². The van der Waals surface area contributed by atoms with E-state index in [0.29, 0.717) is 16.7 Å². The van der Waals surface area contributed by atoms with Gasteiger partial charge < -0.3 is 5.84 Å². The molecular weight excluding hydrogens is 186 g/mol. The van der Waals surface area contributed by atoms with Crippen LogP contribution in [-0.2, 0) is 0 Å². The summed E-state index contributed by atoms with van der Waals surface area (Å²) in [6, 6.07) is 2.14. The van der Waals surface area contributed by atoms with Crippen molar-refractivity contribution in [2.24, 2.45) is 5.92 Å². The lowest BCUT2D eigenvalue weighted by atomic mass is 10.3. The third-order valence-electron chi connectivity index (χ3n) is 1.52. The Morgan fingerprint density at radius 1 is 1.69 bits per heavy atom. The molecule has 6 heteroatoms. The van der Waals surface area contributed by atoms with Gasteiger partial charge in [-0.3, -0.25) is 0 Å². The Morgan fingerprint density at radius 3 is 2.85 bits per heavy atom. The van der Waals surface area contributed by atoms with Crippen molar-refractivity contribution in [2.75, 3.05) is 11.6 Å². The van der Waals surface area contributed by atoms with Gasteiger partial charge in [0.15, 0.2) is 0 Å². The first-order valence-electron chi connectivity index (χ1n) is 3.84. The van der Waals surface area contributed by atoms with Gasteiger partial charge >= 0.3 is 0 Å². The molecule has 0 aliphatic carbocycles. The smallest absolute Gasteiger partial charge is 0.209 e. The number of nitrogens with zero attached hydrogens (tertiary/aromatic N) is 4. The highest BCUT2D eigenvalue weighted by Gasteiger charge is 2.08. The second-order valence-electron chi connectivity index (χ2n) is 2.74. The molecule has 0 spiro atoms. The molecule has 0 radical (unpaired) electrons. The van der Waals surface area contributed by atoms with Crippen LogP contribution in [0.1, 0.15) is 12.7 Å². The zero-order chi connectivity index (χ0) is 9.84. The number of nitrogen functional groups attached to an aromatic ring is 1. The van der Waals surface area contributed by atoms with Gasteiger partial charge in [-0.25, -0.2) is 4.68 Å². The van der Waals surface area contributed by atoms with E-state index in [-0.39, 0.29) is 5.92 Å². The second-order valence-corrected chi connectivity index (χ2v) is 3.73. The summed E-state index contributed by atoms with van der Waals surface area (Å²) in [7, 11) is 0. The lowest BCUT2D eigenvalue weighted by Gasteiger charge is -2.01. The van der Waals surface area contributed by atoms with E-state index in [4.69, 9.17) is 11.1 Å². The lowest BCUT2D eigenvalue weighted by Crippen LogP contribution is -2.12. The highest BCUT2D eigenvalue weighted by molar-refractivity contribution is 7.99. The van der Waals surface area contributed by atoms with Gasteiger partial charge in [0.25, 0.3) is 0 Å². The zero-order valence-corrected chi connectivity index (χ0v) is 8.38. The molecule has 1 heterocycles. The molecule has 0 amide bonds. The fourth-order valence-corrected chi connectivity index (χ4v) is 1.53. The van der Waals surface area contributed by atoms with Crippen LogP contribution in [0.25, 0.3) is 0 Å². The van der Waals surface area contributed by atoms with E-state index in [1.807, 2.05) is 6.92 Å². The maximum atomic E-state index is 8.55. The van der Waals surface area contributed by atoms with Gasteiger partial charge in [0, 0.05) is 5.75 Å². The first-order chi connectivity index (χ1) is 6.15. The third-order valence-corrected chi connectivity index (χ3v) is 2.72. The number of aryl methyl sites for hydroxylation is 1. The average molecular weight is 197 g/mol. The molecule has 0 saturated heterocycles. The molecule has 1 unspecified atom stereocenters. The molecule has 13 heavy (non-hydrogen) atoms. The van der Waals surface area contributed by atoms with Gasteiger partial charge in [-0.05, 0) is 13.8 Å². The van der Waals surface area contributed by atoms with Gasteiger partial charge in [0.05, 0.1) is 12.0 Å². The Bertz CT molecular complexity index is 326. The van der Waals surface area contributed by atoms with E-state index in [9.17, 15) is 0 Å². The fourth-order valence-electron chi connectivity index (χ4n) is 0.685. The Balaban J connectivity index is 2.56. The SMILES string of the molecule is Cc1nnc(SCC(C)C#N)n1N. The minimum Gasteiger partial charge on any atom is -0.336 e. The molecule has 70 valence electrons. The summed E-state index contributed by atoms with van der Waals surface area (Å²) in [6.07, 6.45) is 0. The van der Waals surface area contributed by atoms with Crippen LogP contribution in [0.4, 0.5) is 0 Å². The molecule has 0 aliphatic rings. The molecule has 1 rings (SSSR count). The molecule has 5 nitrogen and oxygen atoms in total. The largest absolute Gasteiger partial charge is 0.336 e. The minimum absolute atomic E-state index is 0.00186. The van der Waals surface area contributed by atoms with Crippen molar-refractivity contribution >= 4 is 11.8 Å². The maximum absolute atomic E-state index is 8.55. The topological polar surface area (TPSA) is 80.5 Å². The summed E-state index contributed by atoms with van der Waals surface area (Å²) in [6.45, 7) is 3.64. The Morgan fingerprint density at radius 2 is 2.38 bits per heavy atom. The molecule has 1 atom stereocenters. The van der Waals surface area contributed by atoms with Crippen LogP contribution in [0.15, 0.2) is 5.16 Å². The normalized spacial score (nSPS) is 12.4. The fraction of sp³-hybridized carbons (Fsp3) is 0.571. The number of aromatic nitrogens is 3. The first kappa shape index (κ1) is 9.86. The van der Waals surface area contributed by atoms with Crippen molar-refractivity contribution in [1.82, 2.24) is 14.9 Å². The molecule has 0 saturated carbocycles. The van der Waals surface area contributed by atoms with Crippen molar-refractivity contribution in [1.29, 1.82) is 5.26 Å². The quantitative estimate of drug-likeness (QED) is 0.565. The van der Waals surface area contributed by atoms with E-state index in [2.05, 4.69) is 16.3 Å². The van der Waals surface area contributed by atoms with Gasteiger partial charge in [0.1, 0.15) is 5.82 Å². The Hall–Kier alpha value is -1.22. The summed E-state index contributed by atoms with van der Waals surface area (Å²) in [5.74, 6) is 6.98. The Labute approximate surface area is 80.9 Å². The molecule has 0 bridgehead atoms. The molecule has 0 fully saturated rings. The number of thioether (sulfide) groups is 1. The predicted octanol–water partition coefficient (Wildman–Crippen LogP) is 0.552. The molecule has 2 N–H and O–H groups in total. The van der Waals surface area contributed by atoms with Gasteiger partial charge in [0.2, 0.25) is 5.16 Å². The molecule has 0 aromatic carbocycles. The van der Waals surface area contributed by atoms with Crippen LogP contribution in [0.2, 0.25) is 0 Å². The highest BCUT2D eigenvalue weighted by Crippen LogP contribution is 2.16.